The van der Waals surface area contributed by atoms with Crippen molar-refractivity contribution in [2.45, 2.75) is 13.8 Å². The molecule has 3 nitrogen and oxygen atoms in total. The predicted molar refractivity (Wildman–Crippen MR) is 66.6 cm³/mol. The Morgan fingerprint density at radius 3 is 2.69 bits per heavy atom. The Hall–Kier alpha value is -1.90. The van der Waals surface area contributed by atoms with Crippen LogP contribution in [0.1, 0.15) is 13.8 Å². The molecule has 0 bridgehead atoms. The molecule has 0 aliphatic carbocycles. The van der Waals surface area contributed by atoms with Gasteiger partial charge < -0.3 is 5.11 Å². The molecule has 0 atom stereocenters. The topological polar surface area (TPSA) is 45.0 Å². The SMILES string of the molecule is CC1(C)C=CN=C1C=Nc1ccccc1O. The molecule has 1 N–H and O–H groups in total. The van der Waals surface area contributed by atoms with Crippen molar-refractivity contribution < 1.29 is 5.11 Å². The highest BCUT2D eigenvalue weighted by atomic mass is 16.3. The second kappa shape index (κ2) is 3.93. The predicted octanol–water partition coefficient (Wildman–Crippen LogP) is 3.09. The Morgan fingerprint density at radius 2 is 2.06 bits per heavy atom. The van der Waals surface area contributed by atoms with E-state index in [1.165, 1.54) is 0 Å². The number of benzene rings is 1. The van der Waals surface area contributed by atoms with Crippen molar-refractivity contribution in [1.29, 1.82) is 0 Å². The molecule has 0 spiro atoms. The highest BCUT2D eigenvalue weighted by molar-refractivity contribution is 6.34. The molecule has 1 aromatic carbocycles. The van der Waals surface area contributed by atoms with Gasteiger partial charge in [0.25, 0.3) is 0 Å². The Balaban J connectivity index is 2.21. The molecule has 0 unspecified atom stereocenters. The van der Waals surface area contributed by atoms with E-state index in [2.05, 4.69) is 23.8 Å². The first-order chi connectivity index (χ1) is 7.59. The van der Waals surface area contributed by atoms with Gasteiger partial charge in [0.05, 0.1) is 11.9 Å². The Kier molecular flexibility index (Phi) is 2.60. The van der Waals surface area contributed by atoms with E-state index in [0.717, 1.165) is 5.71 Å². The van der Waals surface area contributed by atoms with E-state index in [1.807, 2.05) is 12.1 Å². The third kappa shape index (κ3) is 2.03. The Bertz CT molecular complexity index is 484. The quantitative estimate of drug-likeness (QED) is 0.755. The molecule has 1 aliphatic rings. The van der Waals surface area contributed by atoms with Crippen LogP contribution in [0.3, 0.4) is 0 Å². The van der Waals surface area contributed by atoms with E-state index >= 15 is 0 Å². The van der Waals surface area contributed by atoms with Gasteiger partial charge in [0.1, 0.15) is 11.4 Å². The molecule has 3 heteroatoms. The van der Waals surface area contributed by atoms with Crippen LogP contribution in [0.25, 0.3) is 0 Å². The molecule has 82 valence electrons. The molecule has 16 heavy (non-hydrogen) atoms. The normalized spacial score (nSPS) is 18.0. The second-order valence-corrected chi connectivity index (χ2v) is 4.30. The van der Waals surface area contributed by atoms with Crippen molar-refractivity contribution >= 4 is 17.6 Å². The maximum absolute atomic E-state index is 9.55. The number of para-hydroxylation sites is 2. The minimum absolute atomic E-state index is 0.0755. The zero-order valence-corrected chi connectivity index (χ0v) is 9.38. The van der Waals surface area contributed by atoms with E-state index in [4.69, 9.17) is 0 Å². The van der Waals surface area contributed by atoms with Gasteiger partial charge in [0.15, 0.2) is 0 Å². The van der Waals surface area contributed by atoms with Gasteiger partial charge in [-0.15, -0.1) is 0 Å². The van der Waals surface area contributed by atoms with Gasteiger partial charge in [-0.25, -0.2) is 0 Å². The third-order valence-corrected chi connectivity index (χ3v) is 2.57. The van der Waals surface area contributed by atoms with Crippen LogP contribution in [0, 0.1) is 5.41 Å². The number of aliphatic imine (C=N–C) groups is 2. The molecule has 1 aromatic rings. The highest BCUT2D eigenvalue weighted by Gasteiger charge is 2.23. The lowest BCUT2D eigenvalue weighted by molar-refractivity contribution is 0.477. The van der Waals surface area contributed by atoms with Crippen LogP contribution in [-0.2, 0) is 0 Å². The average Bonchev–Trinajstić information content (AvgIpc) is 2.57. The molecular weight excluding hydrogens is 200 g/mol. The van der Waals surface area contributed by atoms with Crippen molar-refractivity contribution in [2.24, 2.45) is 15.4 Å². The van der Waals surface area contributed by atoms with Crippen LogP contribution in [0.2, 0.25) is 0 Å². The molecule has 0 saturated carbocycles. The number of rotatable bonds is 2. The minimum Gasteiger partial charge on any atom is -0.506 e. The number of phenols is 1. The van der Waals surface area contributed by atoms with E-state index in [0.29, 0.717) is 5.69 Å². The standard InChI is InChI=1S/C13H14N2O/c1-13(2)7-8-14-12(13)9-15-10-5-3-4-6-11(10)16/h3-9,16H,1-2H3. The number of phenolic OH excluding ortho intramolecular Hbond substituents is 1. The summed E-state index contributed by atoms with van der Waals surface area (Å²) in [5, 5.41) is 9.55. The molecule has 0 aromatic heterocycles. The fourth-order valence-corrected chi connectivity index (χ4v) is 1.46. The summed E-state index contributed by atoms with van der Waals surface area (Å²) in [6.07, 6.45) is 5.51. The summed E-state index contributed by atoms with van der Waals surface area (Å²) < 4.78 is 0. The zero-order valence-electron chi connectivity index (χ0n) is 9.38. The van der Waals surface area contributed by atoms with Gasteiger partial charge in [0.2, 0.25) is 0 Å². The number of allylic oxidation sites excluding steroid dienone is 1. The lowest BCUT2D eigenvalue weighted by Crippen LogP contribution is -2.19. The second-order valence-electron chi connectivity index (χ2n) is 4.30. The number of hydrogen-bond acceptors (Lipinski definition) is 3. The smallest absolute Gasteiger partial charge is 0.141 e. The first-order valence-corrected chi connectivity index (χ1v) is 5.18. The monoisotopic (exact) mass is 214 g/mol. The van der Waals surface area contributed by atoms with Crippen LogP contribution in [0.4, 0.5) is 5.69 Å². The summed E-state index contributed by atoms with van der Waals surface area (Å²) in [6, 6.07) is 6.99. The van der Waals surface area contributed by atoms with Crippen LogP contribution < -0.4 is 0 Å². The zero-order chi connectivity index (χ0) is 11.6. The summed E-state index contributed by atoms with van der Waals surface area (Å²) in [7, 11) is 0. The van der Waals surface area contributed by atoms with Crippen LogP contribution >= 0.6 is 0 Å². The fraction of sp³-hybridized carbons (Fsp3) is 0.231. The van der Waals surface area contributed by atoms with E-state index in [9.17, 15) is 5.11 Å². The molecule has 1 aliphatic heterocycles. The number of aromatic hydroxyl groups is 1. The third-order valence-electron chi connectivity index (χ3n) is 2.57. The van der Waals surface area contributed by atoms with Gasteiger partial charge in [-0.1, -0.05) is 32.1 Å². The first-order valence-electron chi connectivity index (χ1n) is 5.18. The summed E-state index contributed by atoms with van der Waals surface area (Å²) >= 11 is 0. The molecule has 0 fully saturated rings. The number of nitrogens with zero attached hydrogens (tertiary/aromatic N) is 2. The van der Waals surface area contributed by atoms with Gasteiger partial charge in [-0.2, -0.15) is 0 Å². The van der Waals surface area contributed by atoms with Crippen molar-refractivity contribution in [1.82, 2.24) is 0 Å². The van der Waals surface area contributed by atoms with Gasteiger partial charge >= 0.3 is 0 Å². The average molecular weight is 214 g/mol. The number of hydrogen-bond donors (Lipinski definition) is 1. The van der Waals surface area contributed by atoms with E-state index < -0.39 is 0 Å². The minimum atomic E-state index is -0.0755. The first kappa shape index (κ1) is 10.6. The Labute approximate surface area is 94.9 Å². The molecular formula is C13H14N2O. The molecule has 0 saturated heterocycles. The van der Waals surface area contributed by atoms with Gasteiger partial charge in [-0.3, -0.25) is 9.98 Å². The van der Waals surface area contributed by atoms with Crippen molar-refractivity contribution in [3.8, 4) is 5.75 Å². The van der Waals surface area contributed by atoms with Crippen molar-refractivity contribution in [3.63, 3.8) is 0 Å². The van der Waals surface area contributed by atoms with E-state index in [1.54, 1.807) is 30.6 Å². The highest BCUT2D eigenvalue weighted by Crippen LogP contribution is 2.27. The van der Waals surface area contributed by atoms with E-state index in [-0.39, 0.29) is 11.2 Å². The molecule has 1 heterocycles. The molecule has 0 amide bonds. The van der Waals surface area contributed by atoms with Crippen LogP contribution in [-0.4, -0.2) is 17.0 Å². The van der Waals surface area contributed by atoms with Crippen LogP contribution in [0.5, 0.6) is 5.75 Å². The molecule has 2 rings (SSSR count). The fourth-order valence-electron chi connectivity index (χ4n) is 1.46. The van der Waals surface area contributed by atoms with Crippen LogP contribution in [0.15, 0.2) is 46.5 Å². The van der Waals surface area contributed by atoms with Gasteiger partial charge in [0, 0.05) is 11.6 Å². The lowest BCUT2D eigenvalue weighted by atomic mass is 9.89. The maximum atomic E-state index is 9.55. The Morgan fingerprint density at radius 1 is 1.31 bits per heavy atom. The maximum Gasteiger partial charge on any atom is 0.141 e. The summed E-state index contributed by atoms with van der Waals surface area (Å²) in [6.45, 7) is 4.15. The summed E-state index contributed by atoms with van der Waals surface area (Å²) in [5.74, 6) is 0.183. The van der Waals surface area contributed by atoms with Crippen molar-refractivity contribution in [3.05, 3.63) is 36.5 Å². The van der Waals surface area contributed by atoms with Gasteiger partial charge in [-0.05, 0) is 12.1 Å². The largest absolute Gasteiger partial charge is 0.506 e. The molecule has 0 radical (unpaired) electrons. The summed E-state index contributed by atoms with van der Waals surface area (Å²) in [5.41, 5.74) is 1.39. The van der Waals surface area contributed by atoms with Crippen molar-refractivity contribution in [2.75, 3.05) is 0 Å². The summed E-state index contributed by atoms with van der Waals surface area (Å²) in [4.78, 5) is 8.48. The lowest BCUT2D eigenvalue weighted by Gasteiger charge is -2.14.